The van der Waals surface area contributed by atoms with Gasteiger partial charge < -0.3 is 20.7 Å². The number of ether oxygens (including phenoxy) is 1. The van der Waals surface area contributed by atoms with Crippen LogP contribution in [-0.4, -0.2) is 43.3 Å². The fourth-order valence-corrected chi connectivity index (χ4v) is 3.85. The van der Waals surface area contributed by atoms with Gasteiger partial charge >= 0.3 is 0 Å². The molecule has 0 amide bonds. The highest BCUT2D eigenvalue weighted by atomic mass is 35.5. The molecule has 0 aliphatic heterocycles. The predicted molar refractivity (Wildman–Crippen MR) is 134 cm³/mol. The van der Waals surface area contributed by atoms with Crippen molar-refractivity contribution in [3.05, 3.63) is 65.9 Å². The minimum atomic E-state index is 0.707. The number of pyridine rings is 2. The third-order valence-electron chi connectivity index (χ3n) is 5.35. The number of halogens is 1. The summed E-state index contributed by atoms with van der Waals surface area (Å²) < 4.78 is 5.28. The van der Waals surface area contributed by atoms with Crippen molar-refractivity contribution in [2.24, 2.45) is 0 Å². The zero-order valence-electron chi connectivity index (χ0n) is 18.2. The lowest BCUT2D eigenvalue weighted by Crippen LogP contribution is -2.21. The topological polar surface area (TPSA) is 71.1 Å². The monoisotopic (exact) mass is 449 g/mol. The Balaban J connectivity index is 1.14. The first-order valence-corrected chi connectivity index (χ1v) is 11.3. The molecule has 0 fully saturated rings. The first kappa shape index (κ1) is 22.1. The fraction of sp³-hybridized carbons (Fsp3) is 0.280. The minimum absolute atomic E-state index is 0.707. The summed E-state index contributed by atoms with van der Waals surface area (Å²) in [5.41, 5.74) is 4.05. The number of hydrogen-bond donors (Lipinski definition) is 3. The molecule has 0 bridgehead atoms. The highest BCUT2D eigenvalue weighted by Gasteiger charge is 2.04. The quantitative estimate of drug-likeness (QED) is 0.268. The van der Waals surface area contributed by atoms with Crippen molar-refractivity contribution in [3.63, 3.8) is 0 Å². The van der Waals surface area contributed by atoms with E-state index in [4.69, 9.17) is 16.3 Å². The second-order valence-electron chi connectivity index (χ2n) is 7.57. The van der Waals surface area contributed by atoms with Crippen molar-refractivity contribution < 1.29 is 4.74 Å². The molecule has 0 radical (unpaired) electrons. The number of aromatic nitrogens is 2. The van der Waals surface area contributed by atoms with Gasteiger partial charge in [-0.1, -0.05) is 11.6 Å². The number of rotatable bonds is 11. The van der Waals surface area contributed by atoms with Gasteiger partial charge in [-0.25, -0.2) is 0 Å². The lowest BCUT2D eigenvalue weighted by atomic mass is 10.1. The van der Waals surface area contributed by atoms with Gasteiger partial charge in [0.25, 0.3) is 0 Å². The van der Waals surface area contributed by atoms with Gasteiger partial charge in [-0.15, -0.1) is 0 Å². The summed E-state index contributed by atoms with van der Waals surface area (Å²) in [4.78, 5) is 8.81. The summed E-state index contributed by atoms with van der Waals surface area (Å²) >= 11 is 6.06. The van der Waals surface area contributed by atoms with E-state index in [9.17, 15) is 0 Å². The van der Waals surface area contributed by atoms with Crippen LogP contribution in [0.15, 0.2) is 60.9 Å². The van der Waals surface area contributed by atoms with Crippen LogP contribution in [0.4, 0.5) is 11.4 Å². The molecule has 2 aromatic heterocycles. The molecular formula is C25H28ClN5O. The van der Waals surface area contributed by atoms with E-state index in [-0.39, 0.29) is 0 Å². The summed E-state index contributed by atoms with van der Waals surface area (Å²) in [5.74, 6) is 0.822. The second kappa shape index (κ2) is 11.0. The molecule has 0 saturated heterocycles. The molecular weight excluding hydrogens is 422 g/mol. The molecule has 7 heteroatoms. The molecule has 0 spiro atoms. The minimum Gasteiger partial charge on any atom is -0.497 e. The maximum Gasteiger partial charge on any atom is 0.121 e. The van der Waals surface area contributed by atoms with Gasteiger partial charge in [-0.05, 0) is 68.4 Å². The van der Waals surface area contributed by atoms with Crippen LogP contribution in [0.5, 0.6) is 5.75 Å². The Bertz CT molecular complexity index is 1180. The van der Waals surface area contributed by atoms with Crippen molar-refractivity contribution >= 4 is 44.8 Å². The molecule has 166 valence electrons. The van der Waals surface area contributed by atoms with E-state index in [2.05, 4.69) is 32.0 Å². The van der Waals surface area contributed by atoms with Crippen LogP contribution in [-0.2, 0) is 0 Å². The number of hydrogen-bond acceptors (Lipinski definition) is 6. The van der Waals surface area contributed by atoms with E-state index in [1.807, 2.05) is 54.9 Å². The number of fused-ring (bicyclic) bond motifs is 2. The van der Waals surface area contributed by atoms with Crippen molar-refractivity contribution in [1.82, 2.24) is 15.3 Å². The number of benzene rings is 2. The molecule has 3 N–H and O–H groups in total. The smallest absolute Gasteiger partial charge is 0.121 e. The second-order valence-corrected chi connectivity index (χ2v) is 8.01. The van der Waals surface area contributed by atoms with Crippen LogP contribution in [0.25, 0.3) is 21.8 Å². The third kappa shape index (κ3) is 5.58. The van der Waals surface area contributed by atoms with Crippen LogP contribution in [0.3, 0.4) is 0 Å². The molecule has 2 aromatic carbocycles. The van der Waals surface area contributed by atoms with Crippen LogP contribution in [0, 0.1) is 0 Å². The van der Waals surface area contributed by atoms with Crippen LogP contribution < -0.4 is 20.7 Å². The van der Waals surface area contributed by atoms with Crippen LogP contribution in [0.1, 0.15) is 12.8 Å². The van der Waals surface area contributed by atoms with Crippen LogP contribution >= 0.6 is 11.6 Å². The molecule has 0 aliphatic carbocycles. The summed E-state index contributed by atoms with van der Waals surface area (Å²) in [7, 11) is 1.67. The Kier molecular flexibility index (Phi) is 7.59. The van der Waals surface area contributed by atoms with E-state index < -0.39 is 0 Å². The highest BCUT2D eigenvalue weighted by molar-refractivity contribution is 6.31. The van der Waals surface area contributed by atoms with E-state index in [0.717, 1.165) is 78.0 Å². The lowest BCUT2D eigenvalue weighted by Gasteiger charge is -2.11. The molecule has 6 nitrogen and oxygen atoms in total. The largest absolute Gasteiger partial charge is 0.497 e. The van der Waals surface area contributed by atoms with Crippen molar-refractivity contribution in [2.75, 3.05) is 43.9 Å². The summed E-state index contributed by atoms with van der Waals surface area (Å²) in [6, 6.07) is 15.8. The van der Waals surface area contributed by atoms with Crippen LogP contribution in [0.2, 0.25) is 5.02 Å². The van der Waals surface area contributed by atoms with Crippen molar-refractivity contribution in [2.45, 2.75) is 12.8 Å². The third-order valence-corrected chi connectivity index (χ3v) is 5.58. The number of methoxy groups -OCH3 is 1. The zero-order chi connectivity index (χ0) is 22.2. The molecule has 0 aliphatic rings. The van der Waals surface area contributed by atoms with E-state index in [1.165, 1.54) is 0 Å². The lowest BCUT2D eigenvalue weighted by molar-refractivity contribution is 0.415. The highest BCUT2D eigenvalue weighted by Crippen LogP contribution is 2.25. The average molecular weight is 450 g/mol. The van der Waals surface area contributed by atoms with E-state index >= 15 is 0 Å². The summed E-state index contributed by atoms with van der Waals surface area (Å²) in [6.07, 6.45) is 5.73. The van der Waals surface area contributed by atoms with Gasteiger partial charge in [0.05, 0.1) is 18.1 Å². The maximum atomic E-state index is 6.06. The predicted octanol–water partition coefficient (Wildman–Crippen LogP) is 5.34. The first-order valence-electron chi connectivity index (χ1n) is 10.9. The normalized spacial score (nSPS) is 11.1. The van der Waals surface area contributed by atoms with Gasteiger partial charge in [-0.3, -0.25) is 9.97 Å². The van der Waals surface area contributed by atoms with E-state index in [0.29, 0.717) is 5.02 Å². The Morgan fingerprint density at radius 1 is 0.750 bits per heavy atom. The van der Waals surface area contributed by atoms with Crippen molar-refractivity contribution in [1.29, 1.82) is 0 Å². The van der Waals surface area contributed by atoms with E-state index in [1.54, 1.807) is 7.11 Å². The SMILES string of the molecule is COc1ccc2c(NCCCNCCCNc3ccnc4cc(Cl)ccc34)ccnc2c1. The average Bonchev–Trinajstić information content (AvgIpc) is 2.82. The number of anilines is 2. The molecule has 0 atom stereocenters. The van der Waals surface area contributed by atoms with Gasteiger partial charge in [0.1, 0.15) is 5.75 Å². The zero-order valence-corrected chi connectivity index (χ0v) is 19.0. The molecule has 2 heterocycles. The van der Waals surface area contributed by atoms with Gasteiger partial charge in [0.15, 0.2) is 0 Å². The Morgan fingerprint density at radius 2 is 1.34 bits per heavy atom. The number of nitrogens with one attached hydrogen (secondary N) is 3. The van der Waals surface area contributed by atoms with Gasteiger partial charge in [0.2, 0.25) is 0 Å². The molecule has 0 unspecified atom stereocenters. The summed E-state index contributed by atoms with van der Waals surface area (Å²) in [5, 5.41) is 13.5. The fourth-order valence-electron chi connectivity index (χ4n) is 3.68. The molecule has 0 saturated carbocycles. The standard InChI is InChI=1S/C25H28ClN5O/c1-32-19-5-7-21-23(9-15-31-25(21)17-19)29-13-3-11-27-10-2-12-28-22-8-14-30-24-16-18(26)4-6-20(22)24/h4-9,14-17,27H,2-3,10-13H2,1H3,(H,28,30)(H,29,31). The molecule has 4 aromatic rings. The van der Waals surface area contributed by atoms with Gasteiger partial charge in [0, 0.05) is 58.7 Å². The molecule has 4 rings (SSSR count). The van der Waals surface area contributed by atoms with Crippen molar-refractivity contribution in [3.8, 4) is 5.75 Å². The Labute approximate surface area is 193 Å². The first-order chi connectivity index (χ1) is 15.7. The summed E-state index contributed by atoms with van der Waals surface area (Å²) in [6.45, 7) is 3.75. The Hall–Kier alpha value is -3.09. The molecule has 32 heavy (non-hydrogen) atoms. The Morgan fingerprint density at radius 3 is 1.97 bits per heavy atom. The maximum absolute atomic E-state index is 6.06. The number of nitrogens with zero attached hydrogens (tertiary/aromatic N) is 2. The van der Waals surface area contributed by atoms with Gasteiger partial charge in [-0.2, -0.15) is 0 Å².